The van der Waals surface area contributed by atoms with E-state index in [0.717, 1.165) is 10.0 Å². The first-order valence-electron chi connectivity index (χ1n) is 5.53. The molecule has 0 unspecified atom stereocenters. The summed E-state index contributed by atoms with van der Waals surface area (Å²) in [7, 11) is 9.64. The number of hydrogen-bond acceptors (Lipinski definition) is 2. The number of hydrogen-bond donors (Lipinski definition) is 0. The van der Waals surface area contributed by atoms with Crippen molar-refractivity contribution in [1.82, 2.24) is 9.38 Å². The maximum atomic E-state index is 11.4. The van der Waals surface area contributed by atoms with Crippen molar-refractivity contribution in [2.75, 3.05) is 35.2 Å². The van der Waals surface area contributed by atoms with Crippen LogP contribution in [-0.4, -0.2) is 46.2 Å². The molecule has 17 heavy (non-hydrogen) atoms. The highest BCUT2D eigenvalue weighted by Crippen LogP contribution is 2.26. The summed E-state index contributed by atoms with van der Waals surface area (Å²) >= 11 is 0. The second-order valence-corrected chi connectivity index (χ2v) is 5.22. The van der Waals surface area contributed by atoms with Gasteiger partial charge in [0.2, 0.25) is 0 Å². The first-order valence-corrected chi connectivity index (χ1v) is 5.53. The summed E-state index contributed by atoms with van der Waals surface area (Å²) in [5.41, 5.74) is 2.32. The van der Waals surface area contributed by atoms with E-state index in [1.807, 2.05) is 25.1 Å². The summed E-state index contributed by atoms with van der Waals surface area (Å²) in [6.07, 6.45) is -0.359. The van der Waals surface area contributed by atoms with Gasteiger partial charge in [0.1, 0.15) is 11.4 Å². The highest BCUT2D eigenvalue weighted by Gasteiger charge is 2.16. The maximum Gasteiger partial charge on any atom is 0.414 e. The van der Waals surface area contributed by atoms with Gasteiger partial charge in [0, 0.05) is 25.7 Å². The molecule has 0 saturated heterocycles. The van der Waals surface area contributed by atoms with Crippen molar-refractivity contribution in [1.29, 1.82) is 0 Å². The topological polar surface area (TPSA) is 29.5 Å². The van der Waals surface area contributed by atoms with Gasteiger partial charge in [0.15, 0.2) is 0 Å². The molecule has 0 saturated carbocycles. The van der Waals surface area contributed by atoms with Gasteiger partial charge in [-0.2, -0.15) is 0 Å². The molecule has 0 spiro atoms. The van der Waals surface area contributed by atoms with Gasteiger partial charge in [-0.15, -0.1) is 0 Å². The van der Waals surface area contributed by atoms with E-state index in [-0.39, 0.29) is 6.09 Å². The van der Waals surface area contributed by atoms with E-state index in [0.29, 0.717) is 5.75 Å². The monoisotopic (exact) mass is 237 g/mol. The van der Waals surface area contributed by atoms with Crippen LogP contribution in [0, 0.1) is 6.92 Å². The van der Waals surface area contributed by atoms with E-state index >= 15 is 0 Å². The molecule has 1 rings (SSSR count). The van der Waals surface area contributed by atoms with Crippen LogP contribution < -0.4 is 9.22 Å². The Morgan fingerprint density at radius 3 is 2.24 bits per heavy atom. The highest BCUT2D eigenvalue weighted by molar-refractivity contribution is 5.70. The summed E-state index contributed by atoms with van der Waals surface area (Å²) in [6, 6.07) is 5.71. The number of ether oxygens (including phenoxy) is 1. The lowest BCUT2D eigenvalue weighted by molar-refractivity contribution is 0.172. The summed E-state index contributed by atoms with van der Waals surface area (Å²) in [4.78, 5) is 12.8. The van der Waals surface area contributed by atoms with Crippen molar-refractivity contribution in [3.63, 3.8) is 0 Å². The fourth-order valence-electron chi connectivity index (χ4n) is 1.64. The molecule has 0 aliphatic carbocycles. The molecule has 0 heterocycles. The number of aryl methyl sites for hydroxylation is 1. The Kier molecular flexibility index (Phi) is 3.78. The van der Waals surface area contributed by atoms with Crippen molar-refractivity contribution < 1.29 is 9.53 Å². The van der Waals surface area contributed by atoms with Crippen LogP contribution in [0.3, 0.4) is 0 Å². The van der Waals surface area contributed by atoms with Gasteiger partial charge in [-0.05, 0) is 19.1 Å². The average Bonchev–Trinajstić information content (AvgIpc) is 2.15. The second-order valence-electron chi connectivity index (χ2n) is 5.22. The summed E-state index contributed by atoms with van der Waals surface area (Å²) in [6.45, 7) is 2.02. The van der Waals surface area contributed by atoms with Crippen LogP contribution in [0.2, 0.25) is 0 Å². The Bertz CT molecular complexity index is 420. The van der Waals surface area contributed by atoms with Crippen LogP contribution in [0.15, 0.2) is 18.2 Å². The first-order chi connectivity index (χ1) is 7.71. The minimum Gasteiger partial charge on any atom is -0.410 e. The van der Waals surface area contributed by atoms with Crippen LogP contribution in [-0.2, 0) is 0 Å². The first kappa shape index (κ1) is 13.5. The van der Waals surface area contributed by atoms with Crippen LogP contribution in [0.4, 0.5) is 10.5 Å². The number of quaternary nitrogens is 1. The fraction of sp³-hybridized carbons (Fsp3) is 0.462. The zero-order valence-electron chi connectivity index (χ0n) is 11.4. The van der Waals surface area contributed by atoms with Crippen molar-refractivity contribution >= 4 is 11.8 Å². The minimum absolute atomic E-state index is 0.359. The van der Waals surface area contributed by atoms with E-state index in [4.69, 9.17) is 4.74 Å². The van der Waals surface area contributed by atoms with Gasteiger partial charge in [-0.25, -0.2) is 4.79 Å². The molecule has 94 valence electrons. The van der Waals surface area contributed by atoms with E-state index < -0.39 is 0 Å². The Morgan fingerprint density at radius 2 is 1.82 bits per heavy atom. The smallest absolute Gasteiger partial charge is 0.410 e. The van der Waals surface area contributed by atoms with Crippen molar-refractivity contribution in [3.05, 3.63) is 23.8 Å². The molecular formula is C13H21N2O2+. The number of nitrogens with zero attached hydrogens (tertiary/aromatic N) is 2. The predicted molar refractivity (Wildman–Crippen MR) is 70.5 cm³/mol. The van der Waals surface area contributed by atoms with Gasteiger partial charge in [-0.1, -0.05) is 0 Å². The molecule has 1 aromatic rings. The molecule has 0 radical (unpaired) electrons. The Morgan fingerprint density at radius 1 is 1.24 bits per heavy atom. The quantitative estimate of drug-likeness (QED) is 0.738. The van der Waals surface area contributed by atoms with E-state index in [2.05, 4.69) is 21.1 Å². The number of carbonyl (C=O) groups excluding carboxylic acids is 1. The zero-order chi connectivity index (χ0) is 13.2. The normalized spacial score (nSPS) is 11.2. The average molecular weight is 237 g/mol. The molecule has 0 aliphatic rings. The maximum absolute atomic E-state index is 11.4. The van der Waals surface area contributed by atoms with Gasteiger partial charge < -0.3 is 9.64 Å². The summed E-state index contributed by atoms with van der Waals surface area (Å²) < 4.78 is 5.95. The predicted octanol–water partition coefficient (Wildman–Crippen LogP) is 2.25. The van der Waals surface area contributed by atoms with E-state index in [1.165, 1.54) is 10.6 Å². The number of amides is 1. The van der Waals surface area contributed by atoms with E-state index in [1.54, 1.807) is 14.1 Å². The molecule has 4 nitrogen and oxygen atoms in total. The SMILES string of the molecule is Cc1cc(OC(=O)N(C)C)ccc1[N+](C)(C)C. The largest absolute Gasteiger partial charge is 0.414 e. The van der Waals surface area contributed by atoms with Crippen LogP contribution in [0.5, 0.6) is 5.75 Å². The van der Waals surface area contributed by atoms with Gasteiger partial charge in [0.05, 0.1) is 21.1 Å². The lowest BCUT2D eigenvalue weighted by atomic mass is 10.1. The zero-order valence-corrected chi connectivity index (χ0v) is 11.4. The molecular weight excluding hydrogens is 216 g/mol. The van der Waals surface area contributed by atoms with Crippen LogP contribution >= 0.6 is 0 Å². The molecule has 0 aromatic heterocycles. The third-order valence-electron chi connectivity index (χ3n) is 2.46. The Labute approximate surface area is 103 Å². The van der Waals surface area contributed by atoms with E-state index in [9.17, 15) is 4.79 Å². The second kappa shape index (κ2) is 4.75. The Balaban J connectivity index is 2.94. The molecule has 4 heteroatoms. The molecule has 1 aromatic carbocycles. The third-order valence-corrected chi connectivity index (χ3v) is 2.46. The molecule has 0 N–H and O–H groups in total. The van der Waals surface area contributed by atoms with Crippen molar-refractivity contribution in [2.24, 2.45) is 0 Å². The molecule has 0 fully saturated rings. The number of rotatable bonds is 2. The Hall–Kier alpha value is -1.55. The standard InChI is InChI=1S/C13H21N2O2/c1-10-9-11(17-13(16)14(2)3)7-8-12(10)15(4,5)6/h7-9H,1-6H3/q+1. The third kappa shape index (κ3) is 3.46. The van der Waals surface area contributed by atoms with Gasteiger partial charge >= 0.3 is 6.09 Å². The summed E-state index contributed by atoms with van der Waals surface area (Å²) in [5, 5.41) is 0. The van der Waals surface area contributed by atoms with Crippen LogP contribution in [0.25, 0.3) is 0 Å². The molecule has 0 aliphatic heterocycles. The number of benzene rings is 1. The summed E-state index contributed by atoms with van der Waals surface area (Å²) in [5.74, 6) is 0.582. The van der Waals surface area contributed by atoms with Crippen LogP contribution in [0.1, 0.15) is 5.56 Å². The fourth-order valence-corrected chi connectivity index (χ4v) is 1.64. The van der Waals surface area contributed by atoms with Crippen molar-refractivity contribution in [2.45, 2.75) is 6.92 Å². The number of carbonyl (C=O) groups is 1. The minimum atomic E-state index is -0.359. The van der Waals surface area contributed by atoms with Crippen molar-refractivity contribution in [3.8, 4) is 5.75 Å². The van der Waals surface area contributed by atoms with Gasteiger partial charge in [-0.3, -0.25) is 4.48 Å². The highest BCUT2D eigenvalue weighted by atomic mass is 16.6. The molecule has 0 atom stereocenters. The lowest BCUT2D eigenvalue weighted by Crippen LogP contribution is -2.35. The molecule has 1 amide bonds. The lowest BCUT2D eigenvalue weighted by Gasteiger charge is -2.25. The molecule has 0 bridgehead atoms. The van der Waals surface area contributed by atoms with Gasteiger partial charge in [0.25, 0.3) is 0 Å².